The van der Waals surface area contributed by atoms with Crippen molar-refractivity contribution in [2.75, 3.05) is 19.6 Å². The standard InChI is InChI=1S/C17H34N2/c1-4-18-17-7-5-6-15(17)11-13-19(16-8-9-16)12-10-14(2)3/h14-18H,4-13H2,1-3H3. The Balaban J connectivity index is 1.71. The molecule has 2 fully saturated rings. The highest BCUT2D eigenvalue weighted by Crippen LogP contribution is 2.32. The van der Waals surface area contributed by atoms with Crippen LogP contribution in [0.2, 0.25) is 0 Å². The van der Waals surface area contributed by atoms with Gasteiger partial charge in [0, 0.05) is 12.1 Å². The molecule has 2 heteroatoms. The highest BCUT2D eigenvalue weighted by Gasteiger charge is 2.31. The third-order valence-corrected chi connectivity index (χ3v) is 4.97. The number of rotatable bonds is 9. The average molecular weight is 266 g/mol. The van der Waals surface area contributed by atoms with Crippen LogP contribution in [0.3, 0.4) is 0 Å². The van der Waals surface area contributed by atoms with Gasteiger partial charge >= 0.3 is 0 Å². The predicted octanol–water partition coefficient (Wildman–Crippen LogP) is 3.67. The molecular formula is C17H34N2. The van der Waals surface area contributed by atoms with Gasteiger partial charge in [0.15, 0.2) is 0 Å². The Morgan fingerprint density at radius 2 is 1.89 bits per heavy atom. The molecule has 19 heavy (non-hydrogen) atoms. The van der Waals surface area contributed by atoms with Crippen LogP contribution in [-0.2, 0) is 0 Å². The van der Waals surface area contributed by atoms with Crippen LogP contribution in [-0.4, -0.2) is 36.6 Å². The van der Waals surface area contributed by atoms with Gasteiger partial charge in [-0.05, 0) is 70.0 Å². The van der Waals surface area contributed by atoms with Gasteiger partial charge in [0.05, 0.1) is 0 Å². The minimum Gasteiger partial charge on any atom is -0.314 e. The molecule has 0 amide bonds. The molecule has 0 radical (unpaired) electrons. The van der Waals surface area contributed by atoms with Gasteiger partial charge in [0.25, 0.3) is 0 Å². The molecule has 2 saturated carbocycles. The van der Waals surface area contributed by atoms with Crippen molar-refractivity contribution in [3.05, 3.63) is 0 Å². The fourth-order valence-electron chi connectivity index (χ4n) is 3.59. The predicted molar refractivity (Wildman–Crippen MR) is 83.5 cm³/mol. The number of nitrogens with zero attached hydrogens (tertiary/aromatic N) is 1. The van der Waals surface area contributed by atoms with Crippen LogP contribution in [0.5, 0.6) is 0 Å². The molecule has 0 aromatic carbocycles. The van der Waals surface area contributed by atoms with Crippen LogP contribution in [0.25, 0.3) is 0 Å². The van der Waals surface area contributed by atoms with E-state index in [0.717, 1.165) is 30.5 Å². The van der Waals surface area contributed by atoms with Gasteiger partial charge in [0.2, 0.25) is 0 Å². The second-order valence-electron chi connectivity index (χ2n) is 7.09. The molecule has 0 bridgehead atoms. The van der Waals surface area contributed by atoms with Gasteiger partial charge in [-0.1, -0.05) is 27.2 Å². The normalized spacial score (nSPS) is 27.6. The zero-order valence-electron chi connectivity index (χ0n) is 13.3. The topological polar surface area (TPSA) is 15.3 Å². The largest absolute Gasteiger partial charge is 0.314 e. The van der Waals surface area contributed by atoms with Crippen molar-refractivity contribution >= 4 is 0 Å². The summed E-state index contributed by atoms with van der Waals surface area (Å²) in [6.45, 7) is 10.8. The maximum absolute atomic E-state index is 3.69. The Morgan fingerprint density at radius 3 is 2.53 bits per heavy atom. The maximum atomic E-state index is 3.69. The van der Waals surface area contributed by atoms with Gasteiger partial charge in [0.1, 0.15) is 0 Å². The zero-order chi connectivity index (χ0) is 13.7. The molecule has 2 aliphatic carbocycles. The second-order valence-corrected chi connectivity index (χ2v) is 7.09. The lowest BCUT2D eigenvalue weighted by Gasteiger charge is -2.27. The van der Waals surface area contributed by atoms with E-state index >= 15 is 0 Å². The first-order valence-corrected chi connectivity index (χ1v) is 8.68. The minimum atomic E-state index is 0.816. The summed E-state index contributed by atoms with van der Waals surface area (Å²) >= 11 is 0. The Kier molecular flexibility index (Phi) is 6.15. The van der Waals surface area contributed by atoms with Crippen LogP contribution < -0.4 is 5.32 Å². The van der Waals surface area contributed by atoms with E-state index < -0.39 is 0 Å². The van der Waals surface area contributed by atoms with Crippen LogP contribution in [0.4, 0.5) is 0 Å². The average Bonchev–Trinajstić information content (AvgIpc) is 3.12. The summed E-state index contributed by atoms with van der Waals surface area (Å²) in [7, 11) is 0. The molecular weight excluding hydrogens is 232 g/mol. The smallest absolute Gasteiger partial charge is 0.00964 e. The molecule has 1 N–H and O–H groups in total. The van der Waals surface area contributed by atoms with E-state index in [1.54, 1.807) is 0 Å². The fourth-order valence-corrected chi connectivity index (χ4v) is 3.59. The summed E-state index contributed by atoms with van der Waals surface area (Å²) in [4.78, 5) is 2.79. The van der Waals surface area contributed by atoms with Crippen LogP contribution >= 0.6 is 0 Å². The van der Waals surface area contributed by atoms with Crippen molar-refractivity contribution in [1.82, 2.24) is 10.2 Å². The summed E-state index contributed by atoms with van der Waals surface area (Å²) in [6.07, 6.45) is 10.0. The second kappa shape index (κ2) is 7.64. The number of hydrogen-bond donors (Lipinski definition) is 1. The third-order valence-electron chi connectivity index (χ3n) is 4.97. The summed E-state index contributed by atoms with van der Waals surface area (Å²) < 4.78 is 0. The fraction of sp³-hybridized carbons (Fsp3) is 1.00. The van der Waals surface area contributed by atoms with Gasteiger partial charge in [-0.25, -0.2) is 0 Å². The third kappa shape index (κ3) is 5.07. The Hall–Kier alpha value is -0.0800. The van der Waals surface area contributed by atoms with E-state index in [0.29, 0.717) is 0 Å². The van der Waals surface area contributed by atoms with Gasteiger partial charge in [-0.2, -0.15) is 0 Å². The molecule has 2 rings (SSSR count). The first-order valence-electron chi connectivity index (χ1n) is 8.68. The quantitative estimate of drug-likeness (QED) is 0.685. The lowest BCUT2D eigenvalue weighted by molar-refractivity contribution is 0.221. The van der Waals surface area contributed by atoms with E-state index in [9.17, 15) is 0 Å². The van der Waals surface area contributed by atoms with Crippen molar-refractivity contribution < 1.29 is 0 Å². The molecule has 0 aromatic rings. The Morgan fingerprint density at radius 1 is 1.11 bits per heavy atom. The van der Waals surface area contributed by atoms with Crippen molar-refractivity contribution in [1.29, 1.82) is 0 Å². The van der Waals surface area contributed by atoms with Gasteiger partial charge in [-0.3, -0.25) is 0 Å². The molecule has 0 spiro atoms. The van der Waals surface area contributed by atoms with E-state index in [-0.39, 0.29) is 0 Å². The molecule has 0 aromatic heterocycles. The molecule has 2 atom stereocenters. The summed E-state index contributed by atoms with van der Waals surface area (Å²) in [5, 5.41) is 3.69. The zero-order valence-corrected chi connectivity index (χ0v) is 13.3. The monoisotopic (exact) mass is 266 g/mol. The van der Waals surface area contributed by atoms with E-state index in [1.807, 2.05) is 0 Å². The highest BCUT2D eigenvalue weighted by molar-refractivity contribution is 4.87. The molecule has 2 nitrogen and oxygen atoms in total. The van der Waals surface area contributed by atoms with E-state index in [1.165, 1.54) is 58.0 Å². The summed E-state index contributed by atoms with van der Waals surface area (Å²) in [5.74, 6) is 1.79. The van der Waals surface area contributed by atoms with Gasteiger partial charge in [-0.15, -0.1) is 0 Å². The molecule has 0 aliphatic heterocycles. The first kappa shape index (κ1) is 15.3. The van der Waals surface area contributed by atoms with Crippen LogP contribution in [0.1, 0.15) is 65.7 Å². The maximum Gasteiger partial charge on any atom is 0.00964 e. The van der Waals surface area contributed by atoms with Crippen molar-refractivity contribution in [3.8, 4) is 0 Å². The summed E-state index contributed by atoms with van der Waals surface area (Å²) in [5.41, 5.74) is 0. The highest BCUT2D eigenvalue weighted by atomic mass is 15.2. The SMILES string of the molecule is CCNC1CCCC1CCN(CCC(C)C)C1CC1. The van der Waals surface area contributed by atoms with Crippen molar-refractivity contribution in [2.45, 2.75) is 77.8 Å². The van der Waals surface area contributed by atoms with Gasteiger partial charge < -0.3 is 10.2 Å². The molecule has 0 heterocycles. The van der Waals surface area contributed by atoms with E-state index in [2.05, 4.69) is 31.0 Å². The van der Waals surface area contributed by atoms with Crippen LogP contribution in [0, 0.1) is 11.8 Å². The lowest BCUT2D eigenvalue weighted by atomic mass is 9.99. The Bertz CT molecular complexity index is 248. The minimum absolute atomic E-state index is 0.816. The first-order chi connectivity index (χ1) is 9.20. The molecule has 2 unspecified atom stereocenters. The summed E-state index contributed by atoms with van der Waals surface area (Å²) in [6, 6.07) is 1.76. The lowest BCUT2D eigenvalue weighted by Crippen LogP contribution is -2.35. The number of hydrogen-bond acceptors (Lipinski definition) is 2. The number of nitrogens with one attached hydrogen (secondary N) is 1. The van der Waals surface area contributed by atoms with Crippen molar-refractivity contribution in [2.24, 2.45) is 11.8 Å². The molecule has 0 saturated heterocycles. The van der Waals surface area contributed by atoms with E-state index in [4.69, 9.17) is 0 Å². The Labute approximate surface area is 120 Å². The van der Waals surface area contributed by atoms with Crippen molar-refractivity contribution in [3.63, 3.8) is 0 Å². The molecule has 2 aliphatic rings. The molecule has 112 valence electrons. The van der Waals surface area contributed by atoms with Crippen LogP contribution in [0.15, 0.2) is 0 Å².